The van der Waals surface area contributed by atoms with E-state index in [0.717, 1.165) is 24.2 Å². The lowest BCUT2D eigenvalue weighted by molar-refractivity contribution is -0.142. The summed E-state index contributed by atoms with van der Waals surface area (Å²) in [5, 5.41) is 0. The van der Waals surface area contributed by atoms with E-state index in [1.165, 1.54) is 45.6 Å². The molecular formula is C20H28O2. The van der Waals surface area contributed by atoms with Gasteiger partial charge < -0.3 is 4.74 Å². The van der Waals surface area contributed by atoms with Gasteiger partial charge in [0.2, 0.25) is 0 Å². The summed E-state index contributed by atoms with van der Waals surface area (Å²) in [5.74, 6) is 2.17. The molecule has 22 heavy (non-hydrogen) atoms. The Morgan fingerprint density at radius 3 is 2.05 bits per heavy atom. The summed E-state index contributed by atoms with van der Waals surface area (Å²) in [7, 11) is 1.44. The van der Waals surface area contributed by atoms with E-state index >= 15 is 0 Å². The van der Waals surface area contributed by atoms with Gasteiger partial charge in [-0.2, -0.15) is 0 Å². The molecule has 4 bridgehead atoms. The van der Waals surface area contributed by atoms with Gasteiger partial charge in [0.15, 0.2) is 0 Å². The van der Waals surface area contributed by atoms with Crippen LogP contribution in [0, 0.1) is 28.6 Å². The lowest BCUT2D eigenvalue weighted by Crippen LogP contribution is -2.55. The largest absolute Gasteiger partial charge is 0.466 e. The van der Waals surface area contributed by atoms with E-state index in [1.807, 2.05) is 12.2 Å². The van der Waals surface area contributed by atoms with Gasteiger partial charge in [-0.15, -0.1) is 13.2 Å². The summed E-state index contributed by atoms with van der Waals surface area (Å²) >= 11 is 0. The van der Waals surface area contributed by atoms with Crippen LogP contribution in [-0.4, -0.2) is 13.1 Å². The second-order valence-electron chi connectivity index (χ2n) is 7.84. The van der Waals surface area contributed by atoms with Crippen molar-refractivity contribution < 1.29 is 9.53 Å². The molecular weight excluding hydrogens is 272 g/mol. The number of methoxy groups -OCH3 is 1. The number of carbonyl (C=O) groups is 1. The molecule has 4 rings (SSSR count). The second-order valence-corrected chi connectivity index (χ2v) is 7.84. The average molecular weight is 300 g/mol. The number of rotatable bonds is 6. The van der Waals surface area contributed by atoms with Crippen molar-refractivity contribution in [1.82, 2.24) is 0 Å². The Bertz CT molecular complexity index is 481. The van der Waals surface area contributed by atoms with Gasteiger partial charge >= 0.3 is 5.97 Å². The van der Waals surface area contributed by atoms with E-state index in [-0.39, 0.29) is 11.4 Å². The van der Waals surface area contributed by atoms with Crippen molar-refractivity contribution in [3.05, 3.63) is 37.5 Å². The van der Waals surface area contributed by atoms with Crippen molar-refractivity contribution in [2.75, 3.05) is 7.11 Å². The van der Waals surface area contributed by atoms with Crippen LogP contribution in [0.3, 0.4) is 0 Å². The second kappa shape index (κ2) is 5.40. The smallest absolute Gasteiger partial charge is 0.334 e. The van der Waals surface area contributed by atoms with Crippen LogP contribution in [0.5, 0.6) is 0 Å². The summed E-state index contributed by atoms with van der Waals surface area (Å²) < 4.78 is 5.01. The minimum atomic E-state index is -0.391. The van der Waals surface area contributed by atoms with Crippen LogP contribution in [-0.2, 0) is 9.53 Å². The van der Waals surface area contributed by atoms with Gasteiger partial charge in [-0.25, -0.2) is 4.79 Å². The molecule has 0 aromatic carbocycles. The maximum Gasteiger partial charge on any atom is 0.334 e. The van der Waals surface area contributed by atoms with Crippen molar-refractivity contribution in [1.29, 1.82) is 0 Å². The number of ether oxygens (including phenoxy) is 1. The molecule has 4 saturated carbocycles. The molecule has 0 radical (unpaired) electrons. The molecule has 4 fully saturated rings. The average Bonchev–Trinajstić information content (AvgIpc) is 2.49. The van der Waals surface area contributed by atoms with E-state index in [0.29, 0.717) is 5.57 Å². The predicted octanol–water partition coefficient (Wildman–Crippen LogP) is 4.68. The van der Waals surface area contributed by atoms with Crippen molar-refractivity contribution in [3.8, 4) is 0 Å². The van der Waals surface area contributed by atoms with E-state index < -0.39 is 5.41 Å². The maximum absolute atomic E-state index is 12.3. The number of esters is 1. The fourth-order valence-corrected chi connectivity index (χ4v) is 6.27. The Morgan fingerprint density at radius 2 is 1.68 bits per heavy atom. The summed E-state index contributed by atoms with van der Waals surface area (Å²) in [5.41, 5.74) is 0.313. The van der Waals surface area contributed by atoms with E-state index in [9.17, 15) is 4.79 Å². The Balaban J connectivity index is 2.05. The van der Waals surface area contributed by atoms with Gasteiger partial charge in [-0.3, -0.25) is 0 Å². The van der Waals surface area contributed by atoms with E-state index in [2.05, 4.69) is 19.7 Å². The summed E-state index contributed by atoms with van der Waals surface area (Å²) in [6, 6.07) is 0. The van der Waals surface area contributed by atoms with Crippen LogP contribution in [0.1, 0.15) is 44.9 Å². The van der Waals surface area contributed by atoms with E-state index in [1.54, 1.807) is 0 Å². The normalized spacial score (nSPS) is 38.1. The van der Waals surface area contributed by atoms with Gasteiger partial charge in [0.05, 0.1) is 7.11 Å². The maximum atomic E-state index is 12.3. The molecule has 1 atom stereocenters. The first-order valence-electron chi connectivity index (χ1n) is 8.52. The van der Waals surface area contributed by atoms with Crippen LogP contribution in [0.25, 0.3) is 0 Å². The highest BCUT2D eigenvalue weighted by Gasteiger charge is 2.60. The highest BCUT2D eigenvalue weighted by molar-refractivity contribution is 5.90. The molecule has 1 unspecified atom stereocenters. The fourth-order valence-electron chi connectivity index (χ4n) is 6.27. The highest BCUT2D eigenvalue weighted by atomic mass is 16.5. The molecule has 4 aliphatic rings. The van der Waals surface area contributed by atoms with Crippen LogP contribution in [0.2, 0.25) is 0 Å². The molecule has 4 aliphatic carbocycles. The molecule has 0 aliphatic heterocycles. The van der Waals surface area contributed by atoms with Gasteiger partial charge in [0.1, 0.15) is 0 Å². The van der Waals surface area contributed by atoms with E-state index in [4.69, 9.17) is 4.74 Å². The minimum absolute atomic E-state index is 0.128. The molecule has 2 nitrogen and oxygen atoms in total. The molecule has 0 spiro atoms. The first-order chi connectivity index (χ1) is 10.5. The zero-order valence-corrected chi connectivity index (χ0v) is 13.8. The van der Waals surface area contributed by atoms with Crippen molar-refractivity contribution >= 4 is 5.97 Å². The molecule has 0 aromatic heterocycles. The van der Waals surface area contributed by atoms with Gasteiger partial charge in [0.25, 0.3) is 0 Å². The Kier molecular flexibility index (Phi) is 3.82. The Hall–Kier alpha value is -1.31. The van der Waals surface area contributed by atoms with Gasteiger partial charge in [0, 0.05) is 11.0 Å². The molecule has 0 N–H and O–H groups in total. The topological polar surface area (TPSA) is 26.3 Å². The zero-order chi connectivity index (χ0) is 16.0. The molecule has 0 heterocycles. The summed E-state index contributed by atoms with van der Waals surface area (Å²) in [4.78, 5) is 12.3. The molecule has 0 amide bonds. The monoisotopic (exact) mass is 300 g/mol. The van der Waals surface area contributed by atoms with Crippen LogP contribution < -0.4 is 0 Å². The third-order valence-corrected chi connectivity index (χ3v) is 6.77. The standard InChI is InChI=1S/C20H28O2/c1-5-7-20(6-2,14(3)18(21)22-4)19-11-15-8-16(12-19)10-17(9-15)13-19/h5-6,15-17H,1-3,7-13H2,4H3. The lowest BCUT2D eigenvalue weighted by Gasteiger charge is -2.63. The number of hydrogen-bond acceptors (Lipinski definition) is 2. The fraction of sp³-hybridized carbons (Fsp3) is 0.650. The minimum Gasteiger partial charge on any atom is -0.466 e. The van der Waals surface area contributed by atoms with Gasteiger partial charge in [-0.1, -0.05) is 18.7 Å². The first-order valence-corrected chi connectivity index (χ1v) is 8.52. The van der Waals surface area contributed by atoms with Crippen molar-refractivity contribution in [3.63, 3.8) is 0 Å². The number of hydrogen-bond donors (Lipinski definition) is 0. The van der Waals surface area contributed by atoms with Gasteiger partial charge in [-0.05, 0) is 68.1 Å². The highest BCUT2D eigenvalue weighted by Crippen LogP contribution is 2.68. The SMILES string of the molecule is C=CCC(C=C)(C(=C)C(=O)OC)C12CC3CC(CC(C3)C1)C2. The Morgan fingerprint density at radius 1 is 1.18 bits per heavy atom. The number of carbonyl (C=O) groups excluding carboxylic acids is 1. The predicted molar refractivity (Wildman–Crippen MR) is 89.2 cm³/mol. The third kappa shape index (κ3) is 2.03. The first kappa shape index (κ1) is 15.6. The Labute approximate surface area is 134 Å². The zero-order valence-electron chi connectivity index (χ0n) is 13.8. The summed E-state index contributed by atoms with van der Waals surface area (Å²) in [6.45, 7) is 12.2. The van der Waals surface area contributed by atoms with Crippen LogP contribution in [0.15, 0.2) is 37.5 Å². The quantitative estimate of drug-likeness (QED) is 0.404. The molecule has 0 aromatic rings. The number of allylic oxidation sites excluding steroid dienone is 2. The molecule has 2 heteroatoms. The third-order valence-electron chi connectivity index (χ3n) is 6.77. The lowest BCUT2D eigenvalue weighted by atomic mass is 9.41. The molecule has 120 valence electrons. The molecule has 0 saturated heterocycles. The summed E-state index contributed by atoms with van der Waals surface area (Å²) in [6.07, 6.45) is 12.4. The van der Waals surface area contributed by atoms with Crippen molar-refractivity contribution in [2.45, 2.75) is 44.9 Å². The van der Waals surface area contributed by atoms with Crippen molar-refractivity contribution in [2.24, 2.45) is 28.6 Å². The van der Waals surface area contributed by atoms with Crippen LogP contribution >= 0.6 is 0 Å². The van der Waals surface area contributed by atoms with Crippen LogP contribution in [0.4, 0.5) is 0 Å².